The highest BCUT2D eigenvalue weighted by molar-refractivity contribution is 5.91. The van der Waals surface area contributed by atoms with E-state index in [0.717, 1.165) is 30.6 Å². The van der Waals surface area contributed by atoms with Gasteiger partial charge in [0.15, 0.2) is 5.78 Å². The van der Waals surface area contributed by atoms with Crippen LogP contribution >= 0.6 is 0 Å². The van der Waals surface area contributed by atoms with Crippen LogP contribution in [0.4, 0.5) is 0 Å². The van der Waals surface area contributed by atoms with Crippen molar-refractivity contribution in [2.75, 3.05) is 0 Å². The fourth-order valence-corrected chi connectivity index (χ4v) is 6.04. The van der Waals surface area contributed by atoms with Crippen molar-refractivity contribution in [3.05, 3.63) is 23.8 Å². The molecule has 20 heavy (non-hydrogen) atoms. The number of fused-ring (bicyclic) bond motifs is 5. The highest BCUT2D eigenvalue weighted by atomic mass is 16.1. The van der Waals surface area contributed by atoms with E-state index in [2.05, 4.69) is 26.0 Å². The van der Waals surface area contributed by atoms with Crippen LogP contribution in [0.5, 0.6) is 0 Å². The second-order valence-corrected chi connectivity index (χ2v) is 8.15. The molecule has 4 rings (SSSR count). The topological polar surface area (TPSA) is 17.1 Å². The van der Waals surface area contributed by atoms with Crippen LogP contribution in [0.1, 0.15) is 58.8 Å². The summed E-state index contributed by atoms with van der Waals surface area (Å²) in [5, 5.41) is 0. The van der Waals surface area contributed by atoms with E-state index in [-0.39, 0.29) is 0 Å². The van der Waals surface area contributed by atoms with Gasteiger partial charge in [-0.1, -0.05) is 31.6 Å². The molecule has 0 N–H and O–H groups in total. The molecule has 5 atom stereocenters. The monoisotopic (exact) mass is 270 g/mol. The zero-order valence-corrected chi connectivity index (χ0v) is 12.8. The van der Waals surface area contributed by atoms with Gasteiger partial charge in [-0.3, -0.25) is 4.79 Å². The van der Waals surface area contributed by atoms with Gasteiger partial charge in [-0.05, 0) is 73.2 Å². The number of carbonyl (C=O) groups is 1. The van der Waals surface area contributed by atoms with Crippen LogP contribution in [0.15, 0.2) is 23.8 Å². The van der Waals surface area contributed by atoms with Crippen LogP contribution in [-0.2, 0) is 4.79 Å². The summed E-state index contributed by atoms with van der Waals surface area (Å²) < 4.78 is 0. The quantitative estimate of drug-likeness (QED) is 0.584. The molecule has 0 aliphatic heterocycles. The van der Waals surface area contributed by atoms with Gasteiger partial charge in [0.25, 0.3) is 0 Å². The number of rotatable bonds is 0. The molecule has 2 saturated carbocycles. The van der Waals surface area contributed by atoms with E-state index < -0.39 is 0 Å². The van der Waals surface area contributed by atoms with Gasteiger partial charge in [0.2, 0.25) is 0 Å². The smallest absolute Gasteiger partial charge is 0.155 e. The van der Waals surface area contributed by atoms with Crippen LogP contribution < -0.4 is 0 Å². The molecule has 0 aromatic rings. The third kappa shape index (κ3) is 1.58. The van der Waals surface area contributed by atoms with Crippen molar-refractivity contribution in [2.24, 2.45) is 28.6 Å². The molecule has 0 bridgehead atoms. The number of hydrogen-bond donors (Lipinski definition) is 0. The minimum Gasteiger partial charge on any atom is -0.295 e. The van der Waals surface area contributed by atoms with Crippen molar-refractivity contribution in [3.63, 3.8) is 0 Å². The van der Waals surface area contributed by atoms with E-state index in [9.17, 15) is 4.79 Å². The van der Waals surface area contributed by atoms with Gasteiger partial charge in [-0.15, -0.1) is 0 Å². The third-order valence-electron chi connectivity index (χ3n) is 7.29. The van der Waals surface area contributed by atoms with E-state index in [0.29, 0.717) is 16.6 Å². The second-order valence-electron chi connectivity index (χ2n) is 8.15. The maximum absolute atomic E-state index is 11.8. The Morgan fingerprint density at radius 1 is 1.10 bits per heavy atom. The van der Waals surface area contributed by atoms with E-state index in [4.69, 9.17) is 0 Å². The lowest BCUT2D eigenvalue weighted by Crippen LogP contribution is -2.49. The minimum absolute atomic E-state index is 0.334. The summed E-state index contributed by atoms with van der Waals surface area (Å²) in [5.41, 5.74) is 2.30. The summed E-state index contributed by atoms with van der Waals surface area (Å²) >= 11 is 0. The Labute approximate surface area is 122 Å². The molecule has 1 nitrogen and oxygen atoms in total. The van der Waals surface area contributed by atoms with Gasteiger partial charge in [0, 0.05) is 6.42 Å². The molecule has 0 aromatic heterocycles. The molecule has 2 fully saturated rings. The van der Waals surface area contributed by atoms with Crippen molar-refractivity contribution < 1.29 is 4.79 Å². The van der Waals surface area contributed by atoms with Crippen LogP contribution in [0.2, 0.25) is 0 Å². The second kappa shape index (κ2) is 4.08. The molecule has 0 spiro atoms. The summed E-state index contributed by atoms with van der Waals surface area (Å²) in [6.45, 7) is 4.95. The van der Waals surface area contributed by atoms with Gasteiger partial charge in [0.1, 0.15) is 0 Å². The zero-order valence-electron chi connectivity index (χ0n) is 12.8. The minimum atomic E-state index is 0.334. The van der Waals surface area contributed by atoms with Crippen molar-refractivity contribution in [3.8, 4) is 0 Å². The SMILES string of the molecule is CC12CCC(=O)C=C1CCC1C2CC[C@]2(C)C=CCC12. The molecule has 4 aliphatic carbocycles. The molecule has 0 heterocycles. The Morgan fingerprint density at radius 2 is 1.95 bits per heavy atom. The Morgan fingerprint density at radius 3 is 2.80 bits per heavy atom. The molecule has 4 aliphatic rings. The van der Waals surface area contributed by atoms with Gasteiger partial charge in [-0.2, -0.15) is 0 Å². The first-order valence-electron chi connectivity index (χ1n) is 8.44. The predicted octanol–water partition coefficient (Wildman–Crippen LogP) is 4.68. The Bertz CT molecular complexity index is 514. The standard InChI is InChI=1S/C19H26O/c1-18-9-3-4-16(18)15-6-5-13-12-14(20)7-11-19(13,2)17(15)8-10-18/h3,9,12,15-17H,4-8,10-11H2,1-2H3/t15?,16?,17?,18-,19?/m0/s1. The fourth-order valence-electron chi connectivity index (χ4n) is 6.04. The first-order valence-corrected chi connectivity index (χ1v) is 8.44. The van der Waals surface area contributed by atoms with Gasteiger partial charge in [0.05, 0.1) is 0 Å². The molecule has 0 aromatic carbocycles. The summed E-state index contributed by atoms with van der Waals surface area (Å²) in [7, 11) is 0. The lowest BCUT2D eigenvalue weighted by atomic mass is 9.47. The van der Waals surface area contributed by atoms with Crippen LogP contribution in [0.3, 0.4) is 0 Å². The first-order chi connectivity index (χ1) is 9.53. The molecule has 0 radical (unpaired) electrons. The van der Waals surface area contributed by atoms with Crippen molar-refractivity contribution in [1.29, 1.82) is 0 Å². The molecule has 1 heteroatoms. The van der Waals surface area contributed by atoms with Crippen molar-refractivity contribution in [2.45, 2.75) is 58.8 Å². The summed E-state index contributed by atoms with van der Waals surface area (Å²) in [6, 6.07) is 0. The van der Waals surface area contributed by atoms with Gasteiger partial charge < -0.3 is 0 Å². The average molecular weight is 270 g/mol. The van der Waals surface area contributed by atoms with E-state index in [1.807, 2.05) is 6.08 Å². The zero-order chi connectivity index (χ0) is 14.0. The first kappa shape index (κ1) is 12.9. The maximum Gasteiger partial charge on any atom is 0.155 e. The lowest BCUT2D eigenvalue weighted by Gasteiger charge is -2.57. The highest BCUT2D eigenvalue weighted by Crippen LogP contribution is 2.63. The van der Waals surface area contributed by atoms with Gasteiger partial charge in [-0.25, -0.2) is 0 Å². The summed E-state index contributed by atoms with van der Waals surface area (Å²) in [5.74, 6) is 2.96. The molecular weight excluding hydrogens is 244 g/mol. The van der Waals surface area contributed by atoms with Crippen LogP contribution in [-0.4, -0.2) is 5.78 Å². The maximum atomic E-state index is 11.8. The normalized spacial score (nSPS) is 50.2. The third-order valence-corrected chi connectivity index (χ3v) is 7.29. The van der Waals surface area contributed by atoms with E-state index in [1.165, 1.54) is 37.7 Å². The van der Waals surface area contributed by atoms with Crippen LogP contribution in [0.25, 0.3) is 0 Å². The largest absolute Gasteiger partial charge is 0.295 e. The number of ketones is 1. The van der Waals surface area contributed by atoms with Crippen LogP contribution in [0, 0.1) is 28.6 Å². The summed E-state index contributed by atoms with van der Waals surface area (Å²) in [6.07, 6.45) is 15.4. The lowest BCUT2D eigenvalue weighted by molar-refractivity contribution is -0.117. The van der Waals surface area contributed by atoms with Crippen molar-refractivity contribution in [1.82, 2.24) is 0 Å². The molecule has 4 unspecified atom stereocenters. The van der Waals surface area contributed by atoms with E-state index >= 15 is 0 Å². The Balaban J connectivity index is 1.70. The molecule has 0 amide bonds. The Kier molecular flexibility index (Phi) is 2.63. The summed E-state index contributed by atoms with van der Waals surface area (Å²) in [4.78, 5) is 11.8. The van der Waals surface area contributed by atoms with E-state index in [1.54, 1.807) is 0 Å². The number of carbonyl (C=O) groups excluding carboxylic acids is 1. The molecule has 108 valence electrons. The van der Waals surface area contributed by atoms with Crippen molar-refractivity contribution >= 4 is 5.78 Å². The predicted molar refractivity (Wildman–Crippen MR) is 81.2 cm³/mol. The Hall–Kier alpha value is -0.850. The average Bonchev–Trinajstić information content (AvgIpc) is 2.81. The molecular formula is C19H26O. The fraction of sp³-hybridized carbons (Fsp3) is 0.737. The highest BCUT2D eigenvalue weighted by Gasteiger charge is 2.54. The number of allylic oxidation sites excluding steroid dienone is 4. The van der Waals surface area contributed by atoms with Gasteiger partial charge >= 0.3 is 0 Å². The molecule has 0 saturated heterocycles. The number of hydrogen-bond acceptors (Lipinski definition) is 1.